The van der Waals surface area contributed by atoms with Crippen molar-refractivity contribution in [1.29, 1.82) is 0 Å². The number of hydrogen-bond donors (Lipinski definition) is 0. The Labute approximate surface area is 656 Å². The van der Waals surface area contributed by atoms with Crippen LogP contribution in [0.25, 0.3) is 223 Å². The van der Waals surface area contributed by atoms with Crippen LogP contribution in [-0.2, 0) is 0 Å². The summed E-state index contributed by atoms with van der Waals surface area (Å²) in [5, 5.41) is 27.9. The average Bonchev–Trinajstić information content (AvgIpc) is 1.71. The maximum Gasteiger partial charge on any atom is 0.143 e. The van der Waals surface area contributed by atoms with Crippen molar-refractivity contribution in [3.63, 3.8) is 0 Å². The molecule has 0 saturated carbocycles. The van der Waals surface area contributed by atoms with Crippen LogP contribution in [0.2, 0.25) is 0 Å². The molecule has 0 unspecified atom stereocenters. The van der Waals surface area contributed by atoms with Gasteiger partial charge in [0.05, 0.1) is 11.0 Å². The molecular weight excluding hydrogens is 1380 g/mol. The molecule has 0 amide bonds. The Morgan fingerprint density at radius 2 is 0.558 bits per heavy atom. The van der Waals surface area contributed by atoms with E-state index in [0.29, 0.717) is 0 Å². The third-order valence-corrected chi connectivity index (χ3v) is 24.5. The van der Waals surface area contributed by atoms with Crippen molar-refractivity contribution in [3.8, 4) is 72.4 Å². The molecule has 113 heavy (non-hydrogen) atoms. The number of furan rings is 1. The molecule has 0 spiro atoms. The van der Waals surface area contributed by atoms with Gasteiger partial charge in [-0.05, 0) is 185 Å². The average molecular weight is 1450 g/mol. The highest BCUT2D eigenvalue weighted by atomic mass is 32.1. The molecule has 0 saturated heterocycles. The summed E-state index contributed by atoms with van der Waals surface area (Å²) in [7, 11) is 0. The van der Waals surface area contributed by atoms with Crippen LogP contribution < -0.4 is 0 Å². The molecule has 0 aliphatic heterocycles. The number of benzene rings is 21. The van der Waals surface area contributed by atoms with E-state index in [1.807, 2.05) is 17.4 Å². The zero-order valence-electron chi connectivity index (χ0n) is 61.6. The van der Waals surface area contributed by atoms with Gasteiger partial charge in [-0.25, -0.2) is 0 Å². The first-order valence-corrected chi connectivity index (χ1v) is 39.7. The van der Waals surface area contributed by atoms with E-state index < -0.39 is 0 Å². The molecule has 0 radical (unpaired) electrons. The van der Waals surface area contributed by atoms with Crippen molar-refractivity contribution in [1.82, 2.24) is 4.57 Å². The SMILES string of the molecule is c1ccc(-c2c3ccccc3c(-c3cccc4c3c3ccccc3n4-c3ccccc3)c3ccccc23)cc1.c1ccc2cc(-c3c4ccccc4c(-c4cccc5c4oc4ccccc45)c4ccccc34)ccc2c1.c1ccc2cc(-c3c4ccccc4c(-c4cccc5c4sc4ccccc45)c4ccccc34)ccc2c1. The molecule has 24 rings (SSSR count). The predicted octanol–water partition coefficient (Wildman–Crippen LogP) is 31.7. The number of aromatic nitrogens is 1. The second-order valence-electron chi connectivity index (χ2n) is 29.5. The van der Waals surface area contributed by atoms with Crippen LogP contribution in [0.3, 0.4) is 0 Å². The molecule has 0 aliphatic carbocycles. The molecule has 3 heterocycles. The quantitative estimate of drug-likeness (QED) is 0.145. The molecule has 0 atom stereocenters. The summed E-state index contributed by atoms with van der Waals surface area (Å²) >= 11 is 1.90. The van der Waals surface area contributed by atoms with Crippen molar-refractivity contribution >= 4 is 161 Å². The highest BCUT2D eigenvalue weighted by molar-refractivity contribution is 7.26. The van der Waals surface area contributed by atoms with E-state index >= 15 is 0 Å². The molecule has 21 aromatic carbocycles. The zero-order valence-corrected chi connectivity index (χ0v) is 62.4. The van der Waals surface area contributed by atoms with E-state index in [1.54, 1.807) is 0 Å². The lowest BCUT2D eigenvalue weighted by atomic mass is 9.85. The molecule has 0 aliphatic rings. The lowest BCUT2D eigenvalue weighted by molar-refractivity contribution is 0.670. The van der Waals surface area contributed by atoms with Gasteiger partial charge in [0.15, 0.2) is 0 Å². The van der Waals surface area contributed by atoms with Gasteiger partial charge >= 0.3 is 0 Å². The van der Waals surface area contributed by atoms with E-state index in [1.165, 1.54) is 195 Å². The van der Waals surface area contributed by atoms with Gasteiger partial charge in [-0.1, -0.05) is 370 Å². The number of hydrogen-bond acceptors (Lipinski definition) is 2. The van der Waals surface area contributed by atoms with Gasteiger partial charge in [-0.15, -0.1) is 11.3 Å². The Bertz CT molecular complexity index is 7450. The van der Waals surface area contributed by atoms with Crippen molar-refractivity contribution in [2.45, 2.75) is 0 Å². The van der Waals surface area contributed by atoms with Gasteiger partial charge in [-0.3, -0.25) is 0 Å². The number of fused-ring (bicyclic) bond motifs is 17. The van der Waals surface area contributed by atoms with Crippen LogP contribution >= 0.6 is 11.3 Å². The Hall–Kier alpha value is -14.5. The van der Waals surface area contributed by atoms with Crippen molar-refractivity contribution in [2.75, 3.05) is 0 Å². The second-order valence-corrected chi connectivity index (χ2v) is 30.5. The summed E-state index contributed by atoms with van der Waals surface area (Å²) in [4.78, 5) is 0. The van der Waals surface area contributed by atoms with Crippen LogP contribution in [0.15, 0.2) is 423 Å². The molecule has 526 valence electrons. The zero-order chi connectivity index (χ0) is 74.5. The van der Waals surface area contributed by atoms with Gasteiger partial charge in [0.25, 0.3) is 0 Å². The van der Waals surface area contributed by atoms with Crippen LogP contribution in [0.1, 0.15) is 0 Å². The van der Waals surface area contributed by atoms with Gasteiger partial charge in [0.2, 0.25) is 0 Å². The molecule has 2 nitrogen and oxygen atoms in total. The maximum atomic E-state index is 6.50. The second kappa shape index (κ2) is 27.3. The first-order chi connectivity index (χ1) is 56.1. The topological polar surface area (TPSA) is 18.1 Å². The molecule has 3 aromatic heterocycles. The Morgan fingerprint density at radius 3 is 1.09 bits per heavy atom. The van der Waals surface area contributed by atoms with E-state index in [4.69, 9.17) is 4.42 Å². The lowest BCUT2D eigenvalue weighted by Crippen LogP contribution is -1.93. The highest BCUT2D eigenvalue weighted by Gasteiger charge is 2.25. The summed E-state index contributed by atoms with van der Waals surface area (Å²) in [6, 6.07) is 152. The maximum absolute atomic E-state index is 6.50. The summed E-state index contributed by atoms with van der Waals surface area (Å²) in [5.41, 5.74) is 20.7. The van der Waals surface area contributed by atoms with Crippen LogP contribution in [0, 0.1) is 0 Å². The molecule has 0 N–H and O–H groups in total. The summed E-state index contributed by atoms with van der Waals surface area (Å²) in [5.74, 6) is 0. The fraction of sp³-hybridized carbons (Fsp3) is 0. The van der Waals surface area contributed by atoms with E-state index in [9.17, 15) is 0 Å². The minimum absolute atomic E-state index is 0.923. The van der Waals surface area contributed by atoms with Crippen molar-refractivity contribution in [2.24, 2.45) is 0 Å². The molecular formula is C110H69NOS. The Morgan fingerprint density at radius 1 is 0.204 bits per heavy atom. The van der Waals surface area contributed by atoms with Gasteiger partial charge in [0.1, 0.15) is 11.2 Å². The van der Waals surface area contributed by atoms with Crippen LogP contribution in [0.5, 0.6) is 0 Å². The van der Waals surface area contributed by atoms with Gasteiger partial charge in [0, 0.05) is 64.1 Å². The molecule has 3 heteroatoms. The van der Waals surface area contributed by atoms with Crippen LogP contribution in [0.4, 0.5) is 0 Å². The highest BCUT2D eigenvalue weighted by Crippen LogP contribution is 2.52. The summed E-state index contributed by atoms with van der Waals surface area (Å²) in [6.45, 7) is 0. The standard InChI is InChI=1S/C38H25N.C36H22O.C36H22S/c1-3-14-26(15-4-1)36-28-18-7-9-20-30(28)37(31-21-10-8-19-29(31)36)33-23-13-25-35-38(33)32-22-11-12-24-34(32)39(35)27-16-5-2-6-17-27;2*1-2-11-24-22-25(21-20-23(24)10-1)34-27-13-3-5-15-29(27)35(30-16-6-4-14-28(30)34)32-18-9-17-31-26-12-7-8-19-33(26)37-36(31)32/h1-25H;2*1-22H. The number of nitrogens with zero attached hydrogens (tertiary/aromatic N) is 1. The number of thiophene rings is 1. The smallest absolute Gasteiger partial charge is 0.143 e. The summed E-state index contributed by atoms with van der Waals surface area (Å²) in [6.07, 6.45) is 0. The minimum Gasteiger partial charge on any atom is -0.455 e. The minimum atomic E-state index is 0.923. The third-order valence-electron chi connectivity index (χ3n) is 23.3. The Kier molecular flexibility index (Phi) is 15.8. The molecule has 0 fully saturated rings. The first-order valence-electron chi connectivity index (χ1n) is 38.9. The first kappa shape index (κ1) is 65.6. The van der Waals surface area contributed by atoms with Gasteiger partial charge < -0.3 is 8.98 Å². The van der Waals surface area contributed by atoms with Crippen LogP contribution in [-0.4, -0.2) is 4.57 Å². The monoisotopic (exact) mass is 1450 g/mol. The third kappa shape index (κ3) is 10.8. The van der Waals surface area contributed by atoms with Crippen molar-refractivity contribution in [3.05, 3.63) is 419 Å². The molecule has 24 aromatic rings. The predicted molar refractivity (Wildman–Crippen MR) is 486 cm³/mol. The number of rotatable bonds is 7. The van der Waals surface area contributed by atoms with E-state index in [0.717, 1.165) is 27.5 Å². The Balaban J connectivity index is 0.000000104. The lowest BCUT2D eigenvalue weighted by Gasteiger charge is -2.18. The fourth-order valence-electron chi connectivity index (χ4n) is 18.5. The normalized spacial score (nSPS) is 11.7. The fourth-order valence-corrected chi connectivity index (χ4v) is 19.7. The number of para-hydroxylation sites is 4. The molecule has 0 bridgehead atoms. The van der Waals surface area contributed by atoms with E-state index in [-0.39, 0.29) is 0 Å². The largest absolute Gasteiger partial charge is 0.455 e. The summed E-state index contributed by atoms with van der Waals surface area (Å²) < 4.78 is 11.6. The van der Waals surface area contributed by atoms with Gasteiger partial charge in [-0.2, -0.15) is 0 Å². The van der Waals surface area contributed by atoms with E-state index in [2.05, 4.69) is 417 Å². The van der Waals surface area contributed by atoms with Crippen molar-refractivity contribution < 1.29 is 4.42 Å².